The number of rotatable bonds is 4. The number of hydrogen-bond acceptors (Lipinski definition) is 4. The maximum absolute atomic E-state index is 13.4. The smallest absolute Gasteiger partial charge is 0.159 e. The molecule has 4 nitrogen and oxygen atoms in total. The van der Waals surface area contributed by atoms with Crippen molar-refractivity contribution in [2.75, 3.05) is 12.3 Å². The summed E-state index contributed by atoms with van der Waals surface area (Å²) in [4.78, 5) is 8.92. The third-order valence-corrected chi connectivity index (χ3v) is 8.30. The summed E-state index contributed by atoms with van der Waals surface area (Å²) in [6.07, 6.45) is 3.51. The summed E-state index contributed by atoms with van der Waals surface area (Å²) in [5.74, 6) is -0.623. The molecule has 1 saturated carbocycles. The van der Waals surface area contributed by atoms with Crippen molar-refractivity contribution in [3.8, 4) is 0 Å². The Morgan fingerprint density at radius 3 is 2.33 bits per heavy atom. The van der Waals surface area contributed by atoms with Gasteiger partial charge in [-0.3, -0.25) is 4.99 Å². The van der Waals surface area contributed by atoms with E-state index < -0.39 is 26.2 Å². The van der Waals surface area contributed by atoms with Gasteiger partial charge in [0, 0.05) is 11.3 Å². The van der Waals surface area contributed by atoms with Crippen molar-refractivity contribution < 1.29 is 17.2 Å². The lowest BCUT2D eigenvalue weighted by molar-refractivity contribution is 0.342. The molecule has 0 amide bonds. The summed E-state index contributed by atoms with van der Waals surface area (Å²) >= 11 is 0. The number of amidine groups is 1. The van der Waals surface area contributed by atoms with Crippen LogP contribution in [0.15, 0.2) is 28.2 Å². The molecule has 0 saturated heterocycles. The molecule has 3 rings (SSSR count). The average molecular weight is 397 g/mol. The highest BCUT2D eigenvalue weighted by molar-refractivity contribution is 7.92. The lowest BCUT2D eigenvalue weighted by Gasteiger charge is -2.30. The highest BCUT2D eigenvalue weighted by atomic mass is 32.2. The van der Waals surface area contributed by atoms with Crippen molar-refractivity contribution in [3.05, 3.63) is 35.4 Å². The normalized spacial score (nSPS) is 23.9. The zero-order chi connectivity index (χ0) is 19.8. The molecule has 0 bridgehead atoms. The minimum absolute atomic E-state index is 0.194. The monoisotopic (exact) mass is 396 g/mol. The molecule has 0 N–H and O–H groups in total. The summed E-state index contributed by atoms with van der Waals surface area (Å²) in [7, 11) is -3.11. The van der Waals surface area contributed by atoms with Crippen LogP contribution in [-0.4, -0.2) is 37.0 Å². The number of benzene rings is 1. The molecule has 0 unspecified atom stereocenters. The van der Waals surface area contributed by atoms with Crippen LogP contribution in [0.3, 0.4) is 0 Å². The topological polar surface area (TPSA) is 58.9 Å². The van der Waals surface area contributed by atoms with Crippen LogP contribution in [0.1, 0.15) is 52.0 Å². The van der Waals surface area contributed by atoms with Crippen molar-refractivity contribution in [2.24, 2.45) is 21.8 Å². The van der Waals surface area contributed by atoms with E-state index in [2.05, 4.69) is 9.98 Å². The Balaban J connectivity index is 1.60. The maximum Gasteiger partial charge on any atom is 0.159 e. The molecule has 1 fully saturated rings. The van der Waals surface area contributed by atoms with Crippen LogP contribution >= 0.6 is 0 Å². The summed E-state index contributed by atoms with van der Waals surface area (Å²) < 4.78 is 50.6. The Morgan fingerprint density at radius 2 is 1.74 bits per heavy atom. The first kappa shape index (κ1) is 20.1. The average Bonchev–Trinajstić information content (AvgIpc) is 3.07. The zero-order valence-electron chi connectivity index (χ0n) is 16.0. The van der Waals surface area contributed by atoms with Crippen LogP contribution < -0.4 is 0 Å². The lowest BCUT2D eigenvalue weighted by atomic mass is 9.80. The number of nitrogens with zero attached hydrogens (tertiary/aromatic N) is 2. The second-order valence-corrected chi connectivity index (χ2v) is 11.3. The second kappa shape index (κ2) is 7.41. The van der Waals surface area contributed by atoms with Gasteiger partial charge in [0.05, 0.1) is 17.0 Å². The van der Waals surface area contributed by atoms with E-state index in [1.54, 1.807) is 20.8 Å². The molecule has 1 aromatic carbocycles. The summed E-state index contributed by atoms with van der Waals surface area (Å²) in [5, 5.41) is 0. The highest BCUT2D eigenvalue weighted by Crippen LogP contribution is 2.33. The van der Waals surface area contributed by atoms with E-state index in [0.717, 1.165) is 43.5 Å². The molecular formula is C20H26F2N2O2S. The van der Waals surface area contributed by atoms with Gasteiger partial charge in [-0.2, -0.15) is 0 Å². The number of sulfone groups is 1. The Kier molecular flexibility index (Phi) is 5.52. The van der Waals surface area contributed by atoms with Crippen molar-refractivity contribution >= 4 is 21.4 Å². The Bertz CT molecular complexity index is 878. The molecule has 2 aliphatic rings. The van der Waals surface area contributed by atoms with Crippen LogP contribution in [0, 0.1) is 23.5 Å². The van der Waals surface area contributed by atoms with Crippen molar-refractivity contribution in [1.82, 2.24) is 0 Å². The number of hydrogen-bond donors (Lipinski definition) is 0. The van der Waals surface area contributed by atoms with E-state index in [1.165, 1.54) is 6.07 Å². The molecule has 0 atom stereocenters. The number of aliphatic imine (C=N–C) groups is 2. The predicted octanol–water partition coefficient (Wildman–Crippen LogP) is 4.19. The Hall–Kier alpha value is -1.63. The van der Waals surface area contributed by atoms with Gasteiger partial charge < -0.3 is 0 Å². The van der Waals surface area contributed by atoms with Crippen LogP contribution in [-0.2, 0) is 9.84 Å². The molecule has 1 aliphatic carbocycles. The second-order valence-electron chi connectivity index (χ2n) is 8.48. The molecule has 0 spiro atoms. The van der Waals surface area contributed by atoms with E-state index in [4.69, 9.17) is 0 Å². The fraction of sp³-hybridized carbons (Fsp3) is 0.600. The SMILES string of the molecule is CC(C)(C)S(=O)(=O)CC1CCC(C2=NC(c3ccc(F)c(F)c3)=NC2)CC1. The minimum Gasteiger partial charge on any atom is -0.260 e. The summed E-state index contributed by atoms with van der Waals surface area (Å²) in [6, 6.07) is 3.69. The van der Waals surface area contributed by atoms with Crippen molar-refractivity contribution in [1.29, 1.82) is 0 Å². The van der Waals surface area contributed by atoms with Crippen molar-refractivity contribution in [2.45, 2.75) is 51.2 Å². The fourth-order valence-corrected chi connectivity index (χ4v) is 5.05. The Morgan fingerprint density at radius 1 is 1.07 bits per heavy atom. The van der Waals surface area contributed by atoms with Crippen LogP contribution in [0.4, 0.5) is 8.78 Å². The Labute approximate surface area is 159 Å². The molecule has 27 heavy (non-hydrogen) atoms. The van der Waals surface area contributed by atoms with E-state index in [1.807, 2.05) is 0 Å². The standard InChI is InChI=1S/C20H26F2N2O2S/c1-20(2,3)27(25,26)12-13-4-6-14(7-5-13)18-11-23-19(24-18)15-8-9-16(21)17(22)10-15/h8-10,13-14H,4-7,11-12H2,1-3H3. The minimum atomic E-state index is -3.11. The van der Waals surface area contributed by atoms with Crippen LogP contribution in [0.25, 0.3) is 0 Å². The quantitative estimate of drug-likeness (QED) is 0.766. The zero-order valence-corrected chi connectivity index (χ0v) is 16.8. The third-order valence-electron chi connectivity index (χ3n) is 5.52. The lowest BCUT2D eigenvalue weighted by Crippen LogP contribution is -2.35. The third kappa shape index (κ3) is 4.45. The van der Waals surface area contributed by atoms with Gasteiger partial charge in [-0.05, 0) is 76.5 Å². The van der Waals surface area contributed by atoms with E-state index in [9.17, 15) is 17.2 Å². The largest absolute Gasteiger partial charge is 0.260 e. The molecule has 7 heteroatoms. The fourth-order valence-electron chi connectivity index (χ4n) is 3.60. The van der Waals surface area contributed by atoms with Gasteiger partial charge in [0.15, 0.2) is 27.3 Å². The molecule has 1 aromatic rings. The van der Waals surface area contributed by atoms with Gasteiger partial charge in [0.1, 0.15) is 0 Å². The van der Waals surface area contributed by atoms with Gasteiger partial charge in [-0.25, -0.2) is 22.2 Å². The molecule has 148 valence electrons. The summed E-state index contributed by atoms with van der Waals surface area (Å²) in [5.41, 5.74) is 1.45. The van der Waals surface area contributed by atoms with Crippen LogP contribution in [0.5, 0.6) is 0 Å². The highest BCUT2D eigenvalue weighted by Gasteiger charge is 2.34. The molecule has 1 heterocycles. The van der Waals surface area contributed by atoms with Gasteiger partial charge in [0.25, 0.3) is 0 Å². The maximum atomic E-state index is 13.4. The van der Waals surface area contributed by atoms with E-state index in [-0.39, 0.29) is 17.6 Å². The molecule has 1 aliphatic heterocycles. The number of halogens is 2. The van der Waals surface area contributed by atoms with E-state index in [0.29, 0.717) is 17.9 Å². The first-order valence-electron chi connectivity index (χ1n) is 9.36. The predicted molar refractivity (Wildman–Crippen MR) is 104 cm³/mol. The first-order chi connectivity index (χ1) is 12.6. The van der Waals surface area contributed by atoms with Gasteiger partial charge in [-0.15, -0.1) is 0 Å². The van der Waals surface area contributed by atoms with Gasteiger partial charge in [-0.1, -0.05) is 0 Å². The summed E-state index contributed by atoms with van der Waals surface area (Å²) in [6.45, 7) is 5.72. The van der Waals surface area contributed by atoms with Crippen molar-refractivity contribution in [3.63, 3.8) is 0 Å². The molecule has 0 radical (unpaired) electrons. The van der Waals surface area contributed by atoms with Gasteiger partial charge >= 0.3 is 0 Å². The first-order valence-corrected chi connectivity index (χ1v) is 11.0. The van der Waals surface area contributed by atoms with Crippen LogP contribution in [0.2, 0.25) is 0 Å². The molecule has 0 aromatic heterocycles. The van der Waals surface area contributed by atoms with E-state index >= 15 is 0 Å². The molecular weight excluding hydrogens is 370 g/mol. The van der Waals surface area contributed by atoms with Gasteiger partial charge in [0.2, 0.25) is 0 Å².